The molecule has 5 heteroatoms. The number of carbonyl (C=O) groups excluding carboxylic acids is 1. The molecule has 1 aromatic heterocycles. The molecule has 1 aromatic carbocycles. The first kappa shape index (κ1) is 14.6. The first-order valence-electron chi connectivity index (χ1n) is 7.48. The molecule has 1 fully saturated rings. The van der Waals surface area contributed by atoms with E-state index >= 15 is 0 Å². The van der Waals surface area contributed by atoms with Crippen LogP contribution < -0.4 is 0 Å². The number of fused-ring (bicyclic) bond motifs is 1. The van der Waals surface area contributed by atoms with E-state index in [1.807, 2.05) is 24.5 Å². The van der Waals surface area contributed by atoms with Gasteiger partial charge in [0.15, 0.2) is 0 Å². The minimum Gasteiger partial charge on any atom is -0.341 e. The predicted octanol–water partition coefficient (Wildman–Crippen LogP) is 3.02. The zero-order valence-corrected chi connectivity index (χ0v) is 13.1. The highest BCUT2D eigenvalue weighted by molar-refractivity contribution is 7.99. The largest absolute Gasteiger partial charge is 0.341 e. The van der Waals surface area contributed by atoms with Crippen LogP contribution in [0, 0.1) is 0 Å². The second-order valence-electron chi connectivity index (χ2n) is 5.56. The van der Waals surface area contributed by atoms with Crippen LogP contribution in [-0.2, 0) is 4.79 Å². The molecule has 2 atom stereocenters. The number of para-hydroxylation sites is 2. The van der Waals surface area contributed by atoms with Gasteiger partial charge in [0.25, 0.3) is 0 Å². The summed E-state index contributed by atoms with van der Waals surface area (Å²) in [5.74, 6) is 1.04. The molecule has 1 saturated heterocycles. The molecule has 0 bridgehead atoms. The average Bonchev–Trinajstić information content (AvgIpc) is 2.96. The van der Waals surface area contributed by atoms with Crippen molar-refractivity contribution in [1.82, 2.24) is 14.9 Å². The Morgan fingerprint density at radius 2 is 2.33 bits per heavy atom. The van der Waals surface area contributed by atoms with Gasteiger partial charge in [0, 0.05) is 6.54 Å². The molecule has 1 aliphatic heterocycles. The summed E-state index contributed by atoms with van der Waals surface area (Å²) < 4.78 is 0. The molecule has 2 aromatic rings. The van der Waals surface area contributed by atoms with Crippen molar-refractivity contribution in [2.24, 2.45) is 0 Å². The second kappa shape index (κ2) is 6.62. The van der Waals surface area contributed by atoms with Crippen molar-refractivity contribution in [2.45, 2.75) is 30.6 Å². The molecule has 2 unspecified atom stereocenters. The lowest BCUT2D eigenvalue weighted by Crippen LogP contribution is -2.38. The molecule has 3 rings (SSSR count). The van der Waals surface area contributed by atoms with Gasteiger partial charge in [-0.25, -0.2) is 4.98 Å². The first-order valence-corrected chi connectivity index (χ1v) is 8.77. The molecule has 0 aliphatic carbocycles. The Kier molecular flexibility index (Phi) is 4.60. The quantitative estimate of drug-likeness (QED) is 0.863. The van der Waals surface area contributed by atoms with Crippen LogP contribution in [0.5, 0.6) is 0 Å². The molecule has 0 radical (unpaired) electrons. The van der Waals surface area contributed by atoms with E-state index in [9.17, 15) is 4.79 Å². The number of H-pyrrole nitrogens is 1. The average molecular weight is 303 g/mol. The lowest BCUT2D eigenvalue weighted by atomic mass is 10.0. The van der Waals surface area contributed by atoms with Gasteiger partial charge in [0.2, 0.25) is 0 Å². The minimum atomic E-state index is 0.0509. The topological polar surface area (TPSA) is 49.0 Å². The van der Waals surface area contributed by atoms with E-state index in [4.69, 9.17) is 4.98 Å². The molecule has 4 nitrogen and oxygen atoms in total. The number of aromatic nitrogens is 2. The minimum absolute atomic E-state index is 0.0509. The Bertz CT molecular complexity index is 579. The number of hydrogen-bond acceptors (Lipinski definition) is 4. The monoisotopic (exact) mass is 303 g/mol. The Labute approximate surface area is 129 Å². The Morgan fingerprint density at radius 1 is 1.48 bits per heavy atom. The molecule has 21 heavy (non-hydrogen) atoms. The number of nitrogens with one attached hydrogen (secondary N) is 1. The zero-order valence-electron chi connectivity index (χ0n) is 12.3. The van der Waals surface area contributed by atoms with Gasteiger partial charge in [-0.2, -0.15) is 11.8 Å². The van der Waals surface area contributed by atoms with Crippen LogP contribution in [0.1, 0.15) is 31.1 Å². The Balaban J connectivity index is 1.84. The fourth-order valence-corrected chi connectivity index (χ4v) is 3.51. The van der Waals surface area contributed by atoms with Crippen molar-refractivity contribution >= 4 is 29.1 Å². The van der Waals surface area contributed by atoms with Crippen LogP contribution in [0.25, 0.3) is 11.0 Å². The van der Waals surface area contributed by atoms with Crippen LogP contribution in [0.2, 0.25) is 0 Å². The SMILES string of the molecule is CSC(C=O)CN1CCCCC1c1nc2ccccc2[nH]1. The maximum absolute atomic E-state index is 11.1. The Morgan fingerprint density at radius 3 is 3.10 bits per heavy atom. The maximum Gasteiger partial charge on any atom is 0.134 e. The van der Waals surface area contributed by atoms with Crippen LogP contribution in [0.4, 0.5) is 0 Å². The van der Waals surface area contributed by atoms with Gasteiger partial charge in [0.1, 0.15) is 12.1 Å². The highest BCUT2D eigenvalue weighted by atomic mass is 32.2. The number of piperidine rings is 1. The third-order valence-electron chi connectivity index (χ3n) is 4.21. The van der Waals surface area contributed by atoms with Crippen molar-refractivity contribution in [3.8, 4) is 0 Å². The lowest BCUT2D eigenvalue weighted by molar-refractivity contribution is -0.107. The summed E-state index contributed by atoms with van der Waals surface area (Å²) in [6.45, 7) is 1.86. The summed E-state index contributed by atoms with van der Waals surface area (Å²) in [6.07, 6.45) is 6.61. The van der Waals surface area contributed by atoms with Gasteiger partial charge >= 0.3 is 0 Å². The summed E-state index contributed by atoms with van der Waals surface area (Å²) in [4.78, 5) is 21.7. The summed E-state index contributed by atoms with van der Waals surface area (Å²) in [6, 6.07) is 8.45. The smallest absolute Gasteiger partial charge is 0.134 e. The maximum atomic E-state index is 11.1. The number of hydrogen-bond donors (Lipinski definition) is 1. The van der Waals surface area contributed by atoms with E-state index < -0.39 is 0 Å². The van der Waals surface area contributed by atoms with Gasteiger partial charge in [-0.05, 0) is 37.8 Å². The molecule has 112 valence electrons. The van der Waals surface area contributed by atoms with E-state index in [1.165, 1.54) is 12.8 Å². The number of imidazole rings is 1. The number of thioether (sulfide) groups is 1. The predicted molar refractivity (Wildman–Crippen MR) is 87.6 cm³/mol. The highest BCUT2D eigenvalue weighted by Gasteiger charge is 2.28. The van der Waals surface area contributed by atoms with Gasteiger partial charge in [-0.3, -0.25) is 4.90 Å². The van der Waals surface area contributed by atoms with Gasteiger partial charge in [-0.15, -0.1) is 0 Å². The molecule has 1 aliphatic rings. The van der Waals surface area contributed by atoms with Gasteiger partial charge in [-0.1, -0.05) is 18.6 Å². The molecular formula is C16H21N3OS. The molecular weight excluding hydrogens is 282 g/mol. The van der Waals surface area contributed by atoms with Crippen molar-refractivity contribution in [3.05, 3.63) is 30.1 Å². The Hall–Kier alpha value is -1.33. The molecule has 1 N–H and O–H groups in total. The summed E-state index contributed by atoms with van der Waals surface area (Å²) in [5, 5.41) is 0.0509. The van der Waals surface area contributed by atoms with E-state index in [-0.39, 0.29) is 5.25 Å². The third-order valence-corrected chi connectivity index (χ3v) is 5.07. The van der Waals surface area contributed by atoms with Crippen LogP contribution >= 0.6 is 11.8 Å². The fourth-order valence-electron chi connectivity index (χ4n) is 3.05. The molecule has 0 spiro atoms. The van der Waals surface area contributed by atoms with E-state index in [0.29, 0.717) is 6.04 Å². The number of likely N-dealkylation sites (tertiary alicyclic amines) is 1. The first-order chi connectivity index (χ1) is 10.3. The number of aromatic amines is 1. The number of nitrogens with zero attached hydrogens (tertiary/aromatic N) is 2. The third kappa shape index (κ3) is 3.14. The van der Waals surface area contributed by atoms with Crippen molar-refractivity contribution < 1.29 is 4.79 Å². The number of benzene rings is 1. The van der Waals surface area contributed by atoms with Gasteiger partial charge < -0.3 is 9.78 Å². The molecule has 0 saturated carbocycles. The fraction of sp³-hybridized carbons (Fsp3) is 0.500. The van der Waals surface area contributed by atoms with Crippen LogP contribution in [0.15, 0.2) is 24.3 Å². The van der Waals surface area contributed by atoms with Crippen LogP contribution in [0.3, 0.4) is 0 Å². The molecule has 2 heterocycles. The zero-order chi connectivity index (χ0) is 14.7. The number of carbonyl (C=O) groups is 1. The van der Waals surface area contributed by atoms with Crippen molar-refractivity contribution in [1.29, 1.82) is 0 Å². The van der Waals surface area contributed by atoms with Crippen molar-refractivity contribution in [3.63, 3.8) is 0 Å². The summed E-state index contributed by atoms with van der Waals surface area (Å²) >= 11 is 1.63. The summed E-state index contributed by atoms with van der Waals surface area (Å²) in [5.41, 5.74) is 2.12. The highest BCUT2D eigenvalue weighted by Crippen LogP contribution is 2.31. The van der Waals surface area contributed by atoms with Crippen molar-refractivity contribution in [2.75, 3.05) is 19.3 Å². The molecule has 0 amide bonds. The van der Waals surface area contributed by atoms with E-state index in [0.717, 1.165) is 42.7 Å². The van der Waals surface area contributed by atoms with E-state index in [1.54, 1.807) is 11.8 Å². The van der Waals surface area contributed by atoms with Crippen LogP contribution in [-0.4, -0.2) is 45.7 Å². The van der Waals surface area contributed by atoms with Gasteiger partial charge in [0.05, 0.1) is 22.3 Å². The number of rotatable bonds is 5. The summed E-state index contributed by atoms with van der Waals surface area (Å²) in [7, 11) is 0. The van der Waals surface area contributed by atoms with E-state index in [2.05, 4.69) is 16.0 Å². The normalized spacial score (nSPS) is 21.5. The standard InChI is InChI=1S/C16H21N3OS/c1-21-12(11-20)10-19-9-5-4-8-15(19)16-17-13-6-2-3-7-14(13)18-16/h2-3,6-7,11-12,15H,4-5,8-10H2,1H3,(H,17,18). The second-order valence-corrected chi connectivity index (χ2v) is 6.63. The number of aldehydes is 1. The lowest BCUT2D eigenvalue weighted by Gasteiger charge is -2.35.